The molecule has 0 N–H and O–H groups in total. The molecule has 0 spiro atoms. The van der Waals surface area contributed by atoms with E-state index >= 15 is 0 Å². The van der Waals surface area contributed by atoms with Crippen molar-refractivity contribution in [1.29, 1.82) is 0 Å². The van der Waals surface area contributed by atoms with Crippen LogP contribution in [-0.2, 0) is 4.74 Å². The summed E-state index contributed by atoms with van der Waals surface area (Å²) in [7, 11) is 8.70. The molecule has 0 aromatic carbocycles. The van der Waals surface area contributed by atoms with Gasteiger partial charge in [0.25, 0.3) is 0 Å². The average Bonchev–Trinajstić information content (AvgIpc) is 2.45. The predicted octanol–water partition coefficient (Wildman–Crippen LogP) is 2.14. The van der Waals surface area contributed by atoms with Crippen molar-refractivity contribution in [3.05, 3.63) is 0 Å². The third-order valence-corrected chi connectivity index (χ3v) is 3.72. The zero-order valence-electron chi connectivity index (χ0n) is 10.6. The van der Waals surface area contributed by atoms with E-state index in [9.17, 15) is 0 Å². The van der Waals surface area contributed by atoms with Crippen LogP contribution in [0.25, 0.3) is 0 Å². The highest BCUT2D eigenvalue weighted by molar-refractivity contribution is 4.88. The summed E-state index contributed by atoms with van der Waals surface area (Å²) in [4.78, 5) is 0. The third-order valence-electron chi connectivity index (χ3n) is 3.72. The van der Waals surface area contributed by atoms with Gasteiger partial charge in [0.1, 0.15) is 12.1 Å². The van der Waals surface area contributed by atoms with Crippen LogP contribution in [0.1, 0.15) is 26.7 Å². The first-order chi connectivity index (χ1) is 6.38. The van der Waals surface area contributed by atoms with Gasteiger partial charge in [0, 0.05) is 13.5 Å². The second-order valence-corrected chi connectivity index (χ2v) is 5.87. The fourth-order valence-electron chi connectivity index (χ4n) is 2.85. The van der Waals surface area contributed by atoms with Crippen molar-refractivity contribution in [2.45, 2.75) is 38.8 Å². The second kappa shape index (κ2) is 4.19. The Kier molecular flexibility index (Phi) is 3.59. The highest BCUT2D eigenvalue weighted by Gasteiger charge is 2.44. The molecule has 0 radical (unpaired) electrons. The summed E-state index contributed by atoms with van der Waals surface area (Å²) in [5.74, 6) is 1.50. The van der Waals surface area contributed by atoms with Gasteiger partial charge in [-0.05, 0) is 18.3 Å². The van der Waals surface area contributed by atoms with Crippen molar-refractivity contribution in [1.82, 2.24) is 0 Å². The molecular weight excluding hydrogens is 174 g/mol. The summed E-state index contributed by atoms with van der Waals surface area (Å²) >= 11 is 0. The number of likely N-dealkylation sites (N-methyl/N-ethyl adjacent to an activating group) is 1. The van der Waals surface area contributed by atoms with Gasteiger partial charge in [0.05, 0.1) is 21.1 Å². The van der Waals surface area contributed by atoms with Crippen LogP contribution in [0.5, 0.6) is 0 Å². The molecule has 2 heteroatoms. The standard InChI is InChI=1S/C12H26NO/c1-9(2)10-7-8-11(12(10)14-6)13(3,4)5/h9-12H,7-8H2,1-6H3/q+1. The highest BCUT2D eigenvalue weighted by Crippen LogP contribution is 2.37. The molecule has 84 valence electrons. The summed E-state index contributed by atoms with van der Waals surface area (Å²) in [5, 5.41) is 0. The van der Waals surface area contributed by atoms with Crippen molar-refractivity contribution in [3.63, 3.8) is 0 Å². The summed E-state index contributed by atoms with van der Waals surface area (Å²) in [6.07, 6.45) is 3.09. The Morgan fingerprint density at radius 2 is 1.71 bits per heavy atom. The maximum atomic E-state index is 5.71. The van der Waals surface area contributed by atoms with Crippen LogP contribution in [0.4, 0.5) is 0 Å². The average molecular weight is 200 g/mol. The maximum Gasteiger partial charge on any atom is 0.115 e. The Bertz CT molecular complexity index is 183. The second-order valence-electron chi connectivity index (χ2n) is 5.87. The van der Waals surface area contributed by atoms with E-state index < -0.39 is 0 Å². The fourth-order valence-corrected chi connectivity index (χ4v) is 2.85. The lowest BCUT2D eigenvalue weighted by molar-refractivity contribution is -0.898. The summed E-state index contributed by atoms with van der Waals surface area (Å²) in [6.45, 7) is 4.63. The Balaban J connectivity index is 2.74. The molecule has 1 rings (SSSR count). The lowest BCUT2D eigenvalue weighted by Gasteiger charge is -2.36. The van der Waals surface area contributed by atoms with E-state index in [2.05, 4.69) is 35.0 Å². The van der Waals surface area contributed by atoms with Crippen molar-refractivity contribution >= 4 is 0 Å². The zero-order chi connectivity index (χ0) is 10.9. The van der Waals surface area contributed by atoms with E-state index in [4.69, 9.17) is 4.74 Å². The van der Waals surface area contributed by atoms with Gasteiger partial charge in [-0.1, -0.05) is 13.8 Å². The molecule has 0 aromatic rings. The minimum absolute atomic E-state index is 0.454. The number of hydrogen-bond acceptors (Lipinski definition) is 1. The SMILES string of the molecule is COC1C(C(C)C)CCC1[N+](C)(C)C. The predicted molar refractivity (Wildman–Crippen MR) is 60.2 cm³/mol. The minimum Gasteiger partial charge on any atom is -0.375 e. The van der Waals surface area contributed by atoms with Gasteiger partial charge in [-0.15, -0.1) is 0 Å². The fraction of sp³-hybridized carbons (Fsp3) is 1.00. The van der Waals surface area contributed by atoms with Crippen molar-refractivity contribution in [2.24, 2.45) is 11.8 Å². The zero-order valence-corrected chi connectivity index (χ0v) is 10.6. The molecule has 3 unspecified atom stereocenters. The number of hydrogen-bond donors (Lipinski definition) is 0. The van der Waals surface area contributed by atoms with E-state index in [-0.39, 0.29) is 0 Å². The highest BCUT2D eigenvalue weighted by atomic mass is 16.5. The molecule has 0 heterocycles. The first kappa shape index (κ1) is 12.0. The van der Waals surface area contributed by atoms with Crippen molar-refractivity contribution in [2.75, 3.05) is 28.3 Å². The summed E-state index contributed by atoms with van der Waals surface area (Å²) in [5.41, 5.74) is 0. The van der Waals surface area contributed by atoms with Crippen LogP contribution >= 0.6 is 0 Å². The maximum absolute atomic E-state index is 5.71. The van der Waals surface area contributed by atoms with Gasteiger partial charge in [0.2, 0.25) is 0 Å². The van der Waals surface area contributed by atoms with Crippen LogP contribution in [-0.4, -0.2) is 44.9 Å². The lowest BCUT2D eigenvalue weighted by atomic mass is 9.91. The van der Waals surface area contributed by atoms with Crippen LogP contribution in [0.3, 0.4) is 0 Å². The van der Waals surface area contributed by atoms with Gasteiger partial charge in [-0.3, -0.25) is 0 Å². The van der Waals surface area contributed by atoms with Gasteiger partial charge in [-0.25, -0.2) is 0 Å². The minimum atomic E-state index is 0.454. The Labute approximate surface area is 88.8 Å². The summed E-state index contributed by atoms with van der Waals surface area (Å²) in [6, 6.07) is 0.674. The molecular formula is C12H26NO+. The number of rotatable bonds is 3. The molecule has 1 aliphatic rings. The van der Waals surface area contributed by atoms with E-state index in [0.717, 1.165) is 16.3 Å². The largest absolute Gasteiger partial charge is 0.375 e. The smallest absolute Gasteiger partial charge is 0.115 e. The van der Waals surface area contributed by atoms with Gasteiger partial charge in [-0.2, -0.15) is 0 Å². The monoisotopic (exact) mass is 200 g/mol. The van der Waals surface area contributed by atoms with E-state index in [1.54, 1.807) is 0 Å². The van der Waals surface area contributed by atoms with Crippen LogP contribution in [0.15, 0.2) is 0 Å². The van der Waals surface area contributed by atoms with Gasteiger partial charge in [0.15, 0.2) is 0 Å². The van der Waals surface area contributed by atoms with Gasteiger partial charge >= 0.3 is 0 Å². The van der Waals surface area contributed by atoms with E-state index in [1.165, 1.54) is 12.8 Å². The Hall–Kier alpha value is -0.0800. The molecule has 1 fully saturated rings. The molecule has 0 bridgehead atoms. The molecule has 0 aromatic heterocycles. The van der Waals surface area contributed by atoms with Gasteiger partial charge < -0.3 is 9.22 Å². The number of nitrogens with zero attached hydrogens (tertiary/aromatic N) is 1. The third kappa shape index (κ3) is 2.29. The Morgan fingerprint density at radius 3 is 2.07 bits per heavy atom. The normalized spacial score (nSPS) is 34.1. The first-order valence-corrected chi connectivity index (χ1v) is 5.71. The number of ether oxygens (including phenoxy) is 1. The molecule has 3 atom stereocenters. The first-order valence-electron chi connectivity index (χ1n) is 5.71. The van der Waals surface area contributed by atoms with Crippen molar-refractivity contribution in [3.8, 4) is 0 Å². The molecule has 1 saturated carbocycles. The van der Waals surface area contributed by atoms with Crippen LogP contribution < -0.4 is 0 Å². The molecule has 2 nitrogen and oxygen atoms in total. The quantitative estimate of drug-likeness (QED) is 0.634. The molecule has 0 aliphatic heterocycles. The van der Waals surface area contributed by atoms with E-state index in [1.807, 2.05) is 7.11 Å². The summed E-state index contributed by atoms with van der Waals surface area (Å²) < 4.78 is 6.74. The molecule has 14 heavy (non-hydrogen) atoms. The number of methoxy groups -OCH3 is 1. The lowest BCUT2D eigenvalue weighted by Crippen LogP contribution is -2.51. The topological polar surface area (TPSA) is 9.23 Å². The molecule has 1 aliphatic carbocycles. The van der Waals surface area contributed by atoms with E-state index in [0.29, 0.717) is 12.1 Å². The molecule has 0 saturated heterocycles. The Morgan fingerprint density at radius 1 is 1.14 bits per heavy atom. The van der Waals surface area contributed by atoms with Crippen LogP contribution in [0.2, 0.25) is 0 Å². The number of quaternary nitrogens is 1. The molecule has 0 amide bonds. The van der Waals surface area contributed by atoms with Crippen molar-refractivity contribution < 1.29 is 9.22 Å². The van der Waals surface area contributed by atoms with Crippen LogP contribution in [0, 0.1) is 11.8 Å².